The van der Waals surface area contributed by atoms with E-state index in [-0.39, 0.29) is 11.9 Å². The first-order valence-corrected chi connectivity index (χ1v) is 10.3. The molecular weight excluding hydrogens is 342 g/mol. The van der Waals surface area contributed by atoms with E-state index in [0.717, 1.165) is 19.5 Å². The van der Waals surface area contributed by atoms with E-state index in [0.29, 0.717) is 12.5 Å². The number of carbonyl (C=O) groups is 1. The molecular formula is C21H29N3OS. The molecule has 2 atom stereocenters. The molecule has 1 amide bonds. The van der Waals surface area contributed by atoms with Crippen LogP contribution in [0.4, 0.5) is 0 Å². The van der Waals surface area contributed by atoms with Gasteiger partial charge in [-0.25, -0.2) is 0 Å². The number of fused-ring (bicyclic) bond motifs is 1. The number of rotatable bonds is 6. The summed E-state index contributed by atoms with van der Waals surface area (Å²) in [6.07, 6.45) is 1.08. The quantitative estimate of drug-likeness (QED) is 0.818. The largest absolute Gasteiger partial charge is 0.353 e. The summed E-state index contributed by atoms with van der Waals surface area (Å²) < 4.78 is 0. The number of thiophene rings is 1. The Hall–Kier alpha value is -1.69. The molecule has 5 heteroatoms. The monoisotopic (exact) mass is 371 g/mol. The van der Waals surface area contributed by atoms with Gasteiger partial charge in [0.2, 0.25) is 5.91 Å². The van der Waals surface area contributed by atoms with E-state index in [1.54, 1.807) is 6.92 Å². The fourth-order valence-electron chi connectivity index (χ4n) is 3.46. The lowest BCUT2D eigenvalue weighted by Gasteiger charge is -2.35. The lowest BCUT2D eigenvalue weighted by atomic mass is 9.97. The average molecular weight is 372 g/mol. The smallest absolute Gasteiger partial charge is 0.236 e. The molecule has 0 fully saturated rings. The Morgan fingerprint density at radius 1 is 1.19 bits per heavy atom. The maximum atomic E-state index is 12.0. The molecule has 0 radical (unpaired) electrons. The van der Waals surface area contributed by atoms with E-state index in [2.05, 4.69) is 59.8 Å². The zero-order chi connectivity index (χ0) is 18.7. The van der Waals surface area contributed by atoms with Gasteiger partial charge in [-0.15, -0.1) is 11.3 Å². The summed E-state index contributed by atoms with van der Waals surface area (Å²) in [5, 5.41) is 5.21. The Kier molecular flexibility index (Phi) is 6.12. The molecule has 1 aromatic carbocycles. The van der Waals surface area contributed by atoms with E-state index in [1.807, 2.05) is 11.3 Å². The molecule has 3 rings (SSSR count). The first kappa shape index (κ1) is 19.1. The van der Waals surface area contributed by atoms with Gasteiger partial charge in [-0.05, 0) is 47.4 Å². The zero-order valence-electron chi connectivity index (χ0n) is 15.9. The molecule has 0 spiro atoms. The number of nitrogens with two attached hydrogens (primary N) is 1. The molecule has 0 saturated carbocycles. The average Bonchev–Trinajstić information content (AvgIpc) is 3.10. The summed E-state index contributed by atoms with van der Waals surface area (Å²) in [6, 6.07) is 10.7. The standard InChI is InChI=1S/C21H29N3OS/c1-14(2)16-4-6-17(7-5-16)19(12-23-21(25)15(3)22)24-10-8-20-18(13-24)9-11-26-20/h4-7,9,11,14-15,19H,8,10,12-13,22H2,1-3H3,(H,23,25)/t15-,19?/m1/s1. The van der Waals surface area contributed by atoms with Crippen molar-refractivity contribution in [3.05, 3.63) is 57.3 Å². The van der Waals surface area contributed by atoms with E-state index < -0.39 is 6.04 Å². The SMILES string of the molecule is CC(C)c1ccc(C(CNC(=O)[C@@H](C)N)N2CCc3sccc3C2)cc1. The van der Waals surface area contributed by atoms with Gasteiger partial charge in [-0.3, -0.25) is 9.69 Å². The zero-order valence-corrected chi connectivity index (χ0v) is 16.7. The molecule has 140 valence electrons. The van der Waals surface area contributed by atoms with Crippen LogP contribution in [0.1, 0.15) is 54.3 Å². The fraction of sp³-hybridized carbons (Fsp3) is 0.476. The van der Waals surface area contributed by atoms with Gasteiger partial charge < -0.3 is 11.1 Å². The molecule has 4 nitrogen and oxygen atoms in total. The van der Waals surface area contributed by atoms with Crippen molar-refractivity contribution in [3.8, 4) is 0 Å². The van der Waals surface area contributed by atoms with Crippen LogP contribution >= 0.6 is 11.3 Å². The van der Waals surface area contributed by atoms with E-state index in [1.165, 1.54) is 21.6 Å². The highest BCUT2D eigenvalue weighted by Crippen LogP contribution is 2.30. The third-order valence-corrected chi connectivity index (χ3v) is 6.17. The Morgan fingerprint density at radius 2 is 1.88 bits per heavy atom. The minimum Gasteiger partial charge on any atom is -0.353 e. The second-order valence-electron chi connectivity index (χ2n) is 7.46. The number of hydrogen-bond donors (Lipinski definition) is 2. The number of nitrogens with zero attached hydrogens (tertiary/aromatic N) is 1. The minimum atomic E-state index is -0.483. The van der Waals surface area contributed by atoms with Crippen molar-refractivity contribution in [2.75, 3.05) is 13.1 Å². The second kappa shape index (κ2) is 8.33. The van der Waals surface area contributed by atoms with Crippen LogP contribution in [0.3, 0.4) is 0 Å². The van der Waals surface area contributed by atoms with Gasteiger partial charge >= 0.3 is 0 Å². The van der Waals surface area contributed by atoms with Crippen molar-refractivity contribution < 1.29 is 4.79 Å². The van der Waals surface area contributed by atoms with Crippen molar-refractivity contribution in [3.63, 3.8) is 0 Å². The third-order valence-electron chi connectivity index (χ3n) is 5.15. The molecule has 0 saturated heterocycles. The number of carbonyl (C=O) groups excluding carboxylic acids is 1. The molecule has 1 aliphatic heterocycles. The van der Waals surface area contributed by atoms with Crippen LogP contribution in [0.5, 0.6) is 0 Å². The lowest BCUT2D eigenvalue weighted by molar-refractivity contribution is -0.122. The summed E-state index contributed by atoms with van der Waals surface area (Å²) in [4.78, 5) is 16.0. The topological polar surface area (TPSA) is 58.4 Å². The highest BCUT2D eigenvalue weighted by molar-refractivity contribution is 7.10. The van der Waals surface area contributed by atoms with Crippen molar-refractivity contribution >= 4 is 17.2 Å². The molecule has 1 unspecified atom stereocenters. The van der Waals surface area contributed by atoms with Crippen LogP contribution in [-0.4, -0.2) is 29.9 Å². The van der Waals surface area contributed by atoms with Crippen LogP contribution in [0, 0.1) is 0 Å². The molecule has 3 N–H and O–H groups in total. The van der Waals surface area contributed by atoms with Crippen LogP contribution < -0.4 is 11.1 Å². The summed E-state index contributed by atoms with van der Waals surface area (Å²) in [7, 11) is 0. The number of hydrogen-bond acceptors (Lipinski definition) is 4. The third kappa shape index (κ3) is 4.34. The summed E-state index contributed by atoms with van der Waals surface area (Å²) in [6.45, 7) is 8.67. The molecule has 1 aliphatic rings. The Labute approximate surface area is 160 Å². The van der Waals surface area contributed by atoms with Gasteiger partial charge in [0.25, 0.3) is 0 Å². The normalized spacial score (nSPS) is 17.0. The first-order valence-electron chi connectivity index (χ1n) is 9.38. The minimum absolute atomic E-state index is 0.0953. The van der Waals surface area contributed by atoms with Crippen molar-refractivity contribution in [1.82, 2.24) is 10.2 Å². The van der Waals surface area contributed by atoms with Crippen LogP contribution in [-0.2, 0) is 17.8 Å². The first-order chi connectivity index (χ1) is 12.5. The molecule has 0 bridgehead atoms. The van der Waals surface area contributed by atoms with Crippen LogP contribution in [0.15, 0.2) is 35.7 Å². The van der Waals surface area contributed by atoms with Crippen LogP contribution in [0.25, 0.3) is 0 Å². The van der Waals surface area contributed by atoms with Crippen molar-refractivity contribution in [2.24, 2.45) is 5.73 Å². The van der Waals surface area contributed by atoms with Gasteiger partial charge in [0.15, 0.2) is 0 Å². The number of benzene rings is 1. The van der Waals surface area contributed by atoms with Crippen LogP contribution in [0.2, 0.25) is 0 Å². The molecule has 2 aromatic rings. The molecule has 2 heterocycles. The van der Waals surface area contributed by atoms with E-state index >= 15 is 0 Å². The van der Waals surface area contributed by atoms with Crippen molar-refractivity contribution in [1.29, 1.82) is 0 Å². The number of amides is 1. The Balaban J connectivity index is 1.80. The van der Waals surface area contributed by atoms with Crippen molar-refractivity contribution in [2.45, 2.75) is 51.7 Å². The molecule has 0 aliphatic carbocycles. The summed E-state index contributed by atoms with van der Waals surface area (Å²) in [5.41, 5.74) is 9.72. The highest BCUT2D eigenvalue weighted by atomic mass is 32.1. The van der Waals surface area contributed by atoms with Gasteiger partial charge in [0.1, 0.15) is 0 Å². The predicted octanol–water partition coefficient (Wildman–Crippen LogP) is 3.43. The van der Waals surface area contributed by atoms with E-state index in [9.17, 15) is 4.79 Å². The molecule has 26 heavy (non-hydrogen) atoms. The molecule has 1 aromatic heterocycles. The van der Waals surface area contributed by atoms with Gasteiger partial charge in [-0.2, -0.15) is 0 Å². The number of nitrogens with one attached hydrogen (secondary N) is 1. The summed E-state index contributed by atoms with van der Waals surface area (Å²) >= 11 is 1.85. The van der Waals surface area contributed by atoms with Gasteiger partial charge in [0, 0.05) is 24.5 Å². The fourth-order valence-corrected chi connectivity index (χ4v) is 4.35. The second-order valence-corrected chi connectivity index (χ2v) is 8.46. The summed E-state index contributed by atoms with van der Waals surface area (Å²) in [5.74, 6) is 0.422. The van der Waals surface area contributed by atoms with Gasteiger partial charge in [-0.1, -0.05) is 38.1 Å². The maximum absolute atomic E-state index is 12.0. The maximum Gasteiger partial charge on any atom is 0.236 e. The van der Waals surface area contributed by atoms with Gasteiger partial charge in [0.05, 0.1) is 12.1 Å². The lowest BCUT2D eigenvalue weighted by Crippen LogP contribution is -2.44. The predicted molar refractivity (Wildman–Crippen MR) is 108 cm³/mol. The highest BCUT2D eigenvalue weighted by Gasteiger charge is 2.26. The Morgan fingerprint density at radius 3 is 2.54 bits per heavy atom. The Bertz CT molecular complexity index is 736. The van der Waals surface area contributed by atoms with E-state index in [4.69, 9.17) is 5.73 Å².